The van der Waals surface area contributed by atoms with Crippen LogP contribution in [0.4, 0.5) is 5.69 Å². The van der Waals surface area contributed by atoms with Crippen LogP contribution in [0.3, 0.4) is 0 Å². The first kappa shape index (κ1) is 17.5. The molecule has 0 aliphatic heterocycles. The molecule has 2 aromatic carbocycles. The van der Waals surface area contributed by atoms with E-state index in [4.69, 9.17) is 23.2 Å². The highest BCUT2D eigenvalue weighted by atomic mass is 35.5. The molecule has 25 heavy (non-hydrogen) atoms. The standard InChI is InChI=1S/C18H15Cl2N3O2/c1-2-7-23-18(25)15-6-4-3-5-14(15)16(22-23)17(24)21-13-9-11(19)8-12(20)10-13/h3-6,8-10H,2,7H2,1H3,(H,21,24). The number of nitrogens with one attached hydrogen (secondary N) is 1. The summed E-state index contributed by atoms with van der Waals surface area (Å²) in [5, 5.41) is 8.78. The maximum atomic E-state index is 12.7. The number of nitrogens with zero attached hydrogens (tertiary/aromatic N) is 2. The fraction of sp³-hybridized carbons (Fsp3) is 0.167. The lowest BCUT2D eigenvalue weighted by Crippen LogP contribution is -2.27. The van der Waals surface area contributed by atoms with Crippen molar-refractivity contribution in [2.24, 2.45) is 0 Å². The molecule has 0 radical (unpaired) electrons. The highest BCUT2D eigenvalue weighted by molar-refractivity contribution is 6.35. The van der Waals surface area contributed by atoms with Gasteiger partial charge in [0.25, 0.3) is 11.5 Å². The van der Waals surface area contributed by atoms with Gasteiger partial charge in [0.2, 0.25) is 0 Å². The zero-order chi connectivity index (χ0) is 18.0. The van der Waals surface area contributed by atoms with Gasteiger partial charge in [-0.2, -0.15) is 5.10 Å². The summed E-state index contributed by atoms with van der Waals surface area (Å²) in [5.74, 6) is -0.431. The summed E-state index contributed by atoms with van der Waals surface area (Å²) in [6.07, 6.45) is 0.732. The third-order valence-corrected chi connectivity index (χ3v) is 4.08. The number of aromatic nitrogens is 2. The molecule has 0 saturated heterocycles. The second kappa shape index (κ2) is 7.25. The number of fused-ring (bicyclic) bond motifs is 1. The molecule has 1 amide bonds. The summed E-state index contributed by atoms with van der Waals surface area (Å²) in [5.41, 5.74) is 0.432. The second-order valence-corrected chi connectivity index (χ2v) is 6.41. The molecule has 0 saturated carbocycles. The summed E-state index contributed by atoms with van der Waals surface area (Å²) in [7, 11) is 0. The van der Waals surface area contributed by atoms with E-state index in [1.165, 1.54) is 4.68 Å². The summed E-state index contributed by atoms with van der Waals surface area (Å²) in [6, 6.07) is 11.7. The van der Waals surface area contributed by atoms with E-state index in [1.807, 2.05) is 6.92 Å². The molecule has 3 rings (SSSR count). The molecule has 3 aromatic rings. The fourth-order valence-corrected chi connectivity index (χ4v) is 3.11. The van der Waals surface area contributed by atoms with Gasteiger partial charge < -0.3 is 5.32 Å². The van der Waals surface area contributed by atoms with E-state index in [2.05, 4.69) is 10.4 Å². The van der Waals surface area contributed by atoms with E-state index in [0.29, 0.717) is 33.0 Å². The first-order valence-electron chi connectivity index (χ1n) is 7.77. The van der Waals surface area contributed by atoms with Crippen molar-refractivity contribution in [3.8, 4) is 0 Å². The molecule has 1 N–H and O–H groups in total. The fourth-order valence-electron chi connectivity index (χ4n) is 2.58. The number of carbonyl (C=O) groups excluding carboxylic acids is 1. The quantitative estimate of drug-likeness (QED) is 0.736. The lowest BCUT2D eigenvalue weighted by molar-refractivity contribution is 0.102. The number of hydrogen-bond acceptors (Lipinski definition) is 3. The van der Waals surface area contributed by atoms with Crippen molar-refractivity contribution in [2.75, 3.05) is 5.32 Å². The Morgan fingerprint density at radius 1 is 1.12 bits per heavy atom. The van der Waals surface area contributed by atoms with E-state index < -0.39 is 5.91 Å². The Morgan fingerprint density at radius 3 is 2.40 bits per heavy atom. The van der Waals surface area contributed by atoms with Gasteiger partial charge in [0.15, 0.2) is 5.69 Å². The minimum atomic E-state index is -0.431. The average molecular weight is 376 g/mol. The van der Waals surface area contributed by atoms with Crippen molar-refractivity contribution in [3.05, 3.63) is 68.6 Å². The summed E-state index contributed by atoms with van der Waals surface area (Å²) in [4.78, 5) is 25.2. The number of benzene rings is 2. The molecule has 0 unspecified atom stereocenters. The zero-order valence-corrected chi connectivity index (χ0v) is 14.9. The Balaban J connectivity index is 2.09. The van der Waals surface area contributed by atoms with Crippen LogP contribution in [-0.2, 0) is 6.54 Å². The van der Waals surface area contributed by atoms with E-state index in [1.54, 1.807) is 42.5 Å². The second-order valence-electron chi connectivity index (χ2n) is 5.53. The Kier molecular flexibility index (Phi) is 5.06. The van der Waals surface area contributed by atoms with Gasteiger partial charge in [-0.1, -0.05) is 48.3 Å². The van der Waals surface area contributed by atoms with Gasteiger partial charge in [-0.05, 0) is 30.7 Å². The molecule has 128 valence electrons. The molecular formula is C18H15Cl2N3O2. The molecule has 1 aromatic heterocycles. The molecule has 0 fully saturated rings. The van der Waals surface area contributed by atoms with Gasteiger partial charge >= 0.3 is 0 Å². The van der Waals surface area contributed by atoms with Crippen LogP contribution < -0.4 is 10.9 Å². The monoisotopic (exact) mass is 375 g/mol. The van der Waals surface area contributed by atoms with Crippen molar-refractivity contribution in [1.29, 1.82) is 0 Å². The van der Waals surface area contributed by atoms with Crippen molar-refractivity contribution < 1.29 is 4.79 Å². The van der Waals surface area contributed by atoms with Gasteiger partial charge in [-0.25, -0.2) is 4.68 Å². The SMILES string of the molecule is CCCn1nc(C(=O)Nc2cc(Cl)cc(Cl)c2)c2ccccc2c1=O. The number of aryl methyl sites for hydroxylation is 1. The number of rotatable bonds is 4. The molecule has 5 nitrogen and oxygen atoms in total. The van der Waals surface area contributed by atoms with Crippen molar-refractivity contribution in [2.45, 2.75) is 19.9 Å². The molecule has 0 aliphatic carbocycles. The Morgan fingerprint density at radius 2 is 1.76 bits per heavy atom. The number of anilines is 1. The van der Waals surface area contributed by atoms with E-state index in [9.17, 15) is 9.59 Å². The van der Waals surface area contributed by atoms with Crippen LogP contribution in [0.2, 0.25) is 10.0 Å². The topological polar surface area (TPSA) is 64.0 Å². The summed E-state index contributed by atoms with van der Waals surface area (Å²) < 4.78 is 1.32. The van der Waals surface area contributed by atoms with Gasteiger partial charge in [0.05, 0.1) is 5.39 Å². The van der Waals surface area contributed by atoms with Crippen molar-refractivity contribution in [1.82, 2.24) is 9.78 Å². The molecule has 0 spiro atoms. The van der Waals surface area contributed by atoms with Gasteiger partial charge in [-0.3, -0.25) is 9.59 Å². The first-order valence-corrected chi connectivity index (χ1v) is 8.52. The predicted octanol–water partition coefficient (Wildman–Crippen LogP) is 4.37. The largest absolute Gasteiger partial charge is 0.320 e. The molecule has 0 aliphatic rings. The predicted molar refractivity (Wildman–Crippen MR) is 101 cm³/mol. The number of amides is 1. The lowest BCUT2D eigenvalue weighted by Gasteiger charge is -2.11. The van der Waals surface area contributed by atoms with Gasteiger partial charge in [-0.15, -0.1) is 0 Å². The van der Waals surface area contributed by atoms with Crippen LogP contribution >= 0.6 is 23.2 Å². The minimum Gasteiger partial charge on any atom is -0.320 e. The maximum Gasteiger partial charge on any atom is 0.276 e. The van der Waals surface area contributed by atoms with Gasteiger partial charge in [0.1, 0.15) is 0 Å². The molecule has 0 bridgehead atoms. The Bertz CT molecular complexity index is 995. The van der Waals surface area contributed by atoms with Crippen LogP contribution in [0.15, 0.2) is 47.3 Å². The smallest absolute Gasteiger partial charge is 0.276 e. The maximum absolute atomic E-state index is 12.7. The average Bonchev–Trinajstić information content (AvgIpc) is 2.56. The molecule has 7 heteroatoms. The van der Waals surface area contributed by atoms with Gasteiger partial charge in [0, 0.05) is 27.7 Å². The van der Waals surface area contributed by atoms with E-state index in [0.717, 1.165) is 6.42 Å². The first-order chi connectivity index (χ1) is 12.0. The van der Waals surface area contributed by atoms with Crippen LogP contribution in [0.25, 0.3) is 10.8 Å². The van der Waals surface area contributed by atoms with E-state index >= 15 is 0 Å². The molecule has 1 heterocycles. The summed E-state index contributed by atoms with van der Waals surface area (Å²) in [6.45, 7) is 2.38. The van der Waals surface area contributed by atoms with Crippen LogP contribution in [0, 0.1) is 0 Å². The molecule has 0 atom stereocenters. The third kappa shape index (κ3) is 3.67. The Labute approximate surface area is 154 Å². The van der Waals surface area contributed by atoms with Crippen molar-refractivity contribution >= 4 is 45.6 Å². The lowest BCUT2D eigenvalue weighted by atomic mass is 10.1. The number of hydrogen-bond donors (Lipinski definition) is 1. The summed E-state index contributed by atoms with van der Waals surface area (Å²) >= 11 is 11.9. The zero-order valence-electron chi connectivity index (χ0n) is 13.4. The van der Waals surface area contributed by atoms with Crippen LogP contribution in [-0.4, -0.2) is 15.7 Å². The van der Waals surface area contributed by atoms with Crippen LogP contribution in [0.1, 0.15) is 23.8 Å². The minimum absolute atomic E-state index is 0.180. The number of halogens is 2. The highest BCUT2D eigenvalue weighted by Crippen LogP contribution is 2.23. The normalized spacial score (nSPS) is 10.8. The van der Waals surface area contributed by atoms with E-state index in [-0.39, 0.29) is 11.3 Å². The highest BCUT2D eigenvalue weighted by Gasteiger charge is 2.17. The number of carbonyl (C=O) groups is 1. The Hall–Kier alpha value is -2.37. The third-order valence-electron chi connectivity index (χ3n) is 3.64. The molecular weight excluding hydrogens is 361 g/mol. The van der Waals surface area contributed by atoms with Crippen molar-refractivity contribution in [3.63, 3.8) is 0 Å². The van der Waals surface area contributed by atoms with Crippen LogP contribution in [0.5, 0.6) is 0 Å².